The fourth-order valence-corrected chi connectivity index (χ4v) is 3.45. The fourth-order valence-electron chi connectivity index (χ4n) is 3.45. The summed E-state index contributed by atoms with van der Waals surface area (Å²) in [6, 6.07) is 8.51. The number of morpholine rings is 1. The number of carbonyl (C=O) groups excluding carboxylic acids is 1. The second-order valence-corrected chi connectivity index (χ2v) is 6.40. The Labute approximate surface area is 138 Å². The molecule has 0 aromatic heterocycles. The standard InChI is InChI=1S/C18H27N3O2/c1-15-14-16-4-2-3-5-17(16)21(15)18(22)6-7-19-8-9-20-10-12-23-13-11-20/h2-5,15,19H,6-14H2,1H3. The molecule has 1 N–H and O–H groups in total. The summed E-state index contributed by atoms with van der Waals surface area (Å²) in [5, 5.41) is 3.40. The first-order valence-electron chi connectivity index (χ1n) is 8.66. The summed E-state index contributed by atoms with van der Waals surface area (Å²) in [7, 11) is 0. The number of nitrogens with zero attached hydrogens (tertiary/aromatic N) is 2. The highest BCUT2D eigenvalue weighted by atomic mass is 16.5. The topological polar surface area (TPSA) is 44.8 Å². The van der Waals surface area contributed by atoms with Crippen molar-refractivity contribution < 1.29 is 9.53 Å². The molecule has 0 saturated carbocycles. The Kier molecular flexibility index (Phi) is 5.65. The monoisotopic (exact) mass is 317 g/mol. The van der Waals surface area contributed by atoms with E-state index in [9.17, 15) is 4.79 Å². The average Bonchev–Trinajstić information content (AvgIpc) is 2.91. The number of benzene rings is 1. The van der Waals surface area contributed by atoms with Crippen molar-refractivity contribution in [1.82, 2.24) is 10.2 Å². The van der Waals surface area contributed by atoms with E-state index in [1.165, 1.54) is 5.56 Å². The average molecular weight is 317 g/mol. The van der Waals surface area contributed by atoms with E-state index in [1.54, 1.807) is 0 Å². The molecule has 1 saturated heterocycles. The van der Waals surface area contributed by atoms with E-state index in [2.05, 4.69) is 29.3 Å². The van der Waals surface area contributed by atoms with Crippen molar-refractivity contribution in [2.24, 2.45) is 0 Å². The largest absolute Gasteiger partial charge is 0.379 e. The Balaban J connectivity index is 1.39. The molecule has 3 rings (SSSR count). The number of fused-ring (bicyclic) bond motifs is 1. The van der Waals surface area contributed by atoms with Crippen molar-refractivity contribution in [2.75, 3.05) is 50.8 Å². The first-order valence-corrected chi connectivity index (χ1v) is 8.66. The minimum Gasteiger partial charge on any atom is -0.379 e. The van der Waals surface area contributed by atoms with E-state index < -0.39 is 0 Å². The quantitative estimate of drug-likeness (QED) is 0.803. The number of para-hydroxylation sites is 1. The fraction of sp³-hybridized carbons (Fsp3) is 0.611. The molecule has 1 aromatic carbocycles. The zero-order valence-electron chi connectivity index (χ0n) is 14.0. The molecule has 0 bridgehead atoms. The SMILES string of the molecule is CC1Cc2ccccc2N1C(=O)CCNCCN1CCOCC1. The Morgan fingerprint density at radius 2 is 2.04 bits per heavy atom. The van der Waals surface area contributed by atoms with Crippen LogP contribution in [0.25, 0.3) is 0 Å². The number of ether oxygens (including phenoxy) is 1. The van der Waals surface area contributed by atoms with Gasteiger partial charge in [0.15, 0.2) is 0 Å². The van der Waals surface area contributed by atoms with Crippen molar-refractivity contribution in [3.63, 3.8) is 0 Å². The van der Waals surface area contributed by atoms with Gasteiger partial charge in [-0.2, -0.15) is 0 Å². The number of hydrogen-bond acceptors (Lipinski definition) is 4. The summed E-state index contributed by atoms with van der Waals surface area (Å²) < 4.78 is 5.34. The lowest BCUT2D eigenvalue weighted by Crippen LogP contribution is -2.41. The van der Waals surface area contributed by atoms with Crippen LogP contribution >= 0.6 is 0 Å². The third-order valence-electron chi connectivity index (χ3n) is 4.70. The van der Waals surface area contributed by atoms with Gasteiger partial charge in [-0.25, -0.2) is 0 Å². The van der Waals surface area contributed by atoms with Gasteiger partial charge in [-0.3, -0.25) is 9.69 Å². The maximum absolute atomic E-state index is 12.5. The summed E-state index contributed by atoms with van der Waals surface area (Å²) in [5.74, 6) is 0.223. The summed E-state index contributed by atoms with van der Waals surface area (Å²) in [5.41, 5.74) is 2.38. The van der Waals surface area contributed by atoms with Gasteiger partial charge in [0.25, 0.3) is 0 Å². The number of anilines is 1. The van der Waals surface area contributed by atoms with Crippen LogP contribution in [0, 0.1) is 0 Å². The summed E-state index contributed by atoms with van der Waals surface area (Å²) >= 11 is 0. The van der Waals surface area contributed by atoms with Crippen LogP contribution in [-0.4, -0.2) is 62.8 Å². The molecule has 126 valence electrons. The molecule has 2 aliphatic rings. The lowest BCUT2D eigenvalue weighted by molar-refractivity contribution is -0.118. The number of carbonyl (C=O) groups is 1. The number of hydrogen-bond donors (Lipinski definition) is 1. The zero-order valence-corrected chi connectivity index (χ0v) is 14.0. The molecule has 1 amide bonds. The molecule has 1 aromatic rings. The Morgan fingerprint density at radius 1 is 1.26 bits per heavy atom. The van der Waals surface area contributed by atoms with Gasteiger partial charge in [-0.1, -0.05) is 18.2 Å². The van der Waals surface area contributed by atoms with E-state index in [1.807, 2.05) is 17.0 Å². The molecule has 5 nitrogen and oxygen atoms in total. The highest BCUT2D eigenvalue weighted by Crippen LogP contribution is 2.32. The molecule has 1 fully saturated rings. The number of amides is 1. The van der Waals surface area contributed by atoms with Gasteiger partial charge in [0.1, 0.15) is 0 Å². The van der Waals surface area contributed by atoms with Gasteiger partial charge >= 0.3 is 0 Å². The van der Waals surface area contributed by atoms with Gasteiger partial charge in [0.2, 0.25) is 5.91 Å². The van der Waals surface area contributed by atoms with E-state index in [0.29, 0.717) is 6.42 Å². The summed E-state index contributed by atoms with van der Waals surface area (Å²) in [4.78, 5) is 16.9. The van der Waals surface area contributed by atoms with E-state index in [4.69, 9.17) is 4.74 Å². The van der Waals surface area contributed by atoms with E-state index >= 15 is 0 Å². The maximum atomic E-state index is 12.5. The van der Waals surface area contributed by atoms with Gasteiger partial charge in [0, 0.05) is 50.9 Å². The second kappa shape index (κ2) is 7.90. The van der Waals surface area contributed by atoms with Gasteiger partial charge in [-0.15, -0.1) is 0 Å². The van der Waals surface area contributed by atoms with Crippen LogP contribution in [0.5, 0.6) is 0 Å². The molecule has 2 heterocycles. The molecule has 5 heteroatoms. The Morgan fingerprint density at radius 3 is 2.87 bits per heavy atom. The summed E-state index contributed by atoms with van der Waals surface area (Å²) in [6.45, 7) is 8.54. The molecule has 0 aliphatic carbocycles. The van der Waals surface area contributed by atoms with Crippen molar-refractivity contribution in [3.05, 3.63) is 29.8 Å². The minimum absolute atomic E-state index is 0.223. The van der Waals surface area contributed by atoms with Crippen LogP contribution < -0.4 is 10.2 Å². The maximum Gasteiger partial charge on any atom is 0.228 e. The lowest BCUT2D eigenvalue weighted by Gasteiger charge is -2.26. The van der Waals surface area contributed by atoms with E-state index in [-0.39, 0.29) is 11.9 Å². The van der Waals surface area contributed by atoms with Crippen molar-refractivity contribution in [3.8, 4) is 0 Å². The van der Waals surface area contributed by atoms with Crippen LogP contribution in [0.1, 0.15) is 18.9 Å². The van der Waals surface area contributed by atoms with Gasteiger partial charge in [-0.05, 0) is 25.0 Å². The highest BCUT2D eigenvalue weighted by molar-refractivity contribution is 5.96. The predicted molar refractivity (Wildman–Crippen MR) is 91.8 cm³/mol. The van der Waals surface area contributed by atoms with Crippen LogP contribution in [-0.2, 0) is 16.0 Å². The molecule has 1 atom stereocenters. The molecule has 23 heavy (non-hydrogen) atoms. The normalized spacial score (nSPS) is 21.4. The molecule has 2 aliphatic heterocycles. The highest BCUT2D eigenvalue weighted by Gasteiger charge is 2.29. The Hall–Kier alpha value is -1.43. The molecular formula is C18H27N3O2. The van der Waals surface area contributed by atoms with Crippen molar-refractivity contribution in [2.45, 2.75) is 25.8 Å². The van der Waals surface area contributed by atoms with Crippen LogP contribution in [0.2, 0.25) is 0 Å². The van der Waals surface area contributed by atoms with Crippen LogP contribution in [0.3, 0.4) is 0 Å². The van der Waals surface area contributed by atoms with Crippen molar-refractivity contribution >= 4 is 11.6 Å². The molecule has 1 unspecified atom stereocenters. The number of rotatable bonds is 6. The first kappa shape index (κ1) is 16.4. The molecule has 0 radical (unpaired) electrons. The summed E-state index contributed by atoms with van der Waals surface area (Å²) in [6.07, 6.45) is 1.52. The van der Waals surface area contributed by atoms with Gasteiger partial charge < -0.3 is 15.0 Å². The number of nitrogens with one attached hydrogen (secondary N) is 1. The van der Waals surface area contributed by atoms with E-state index in [0.717, 1.165) is 58.0 Å². The van der Waals surface area contributed by atoms with Crippen LogP contribution in [0.4, 0.5) is 5.69 Å². The lowest BCUT2D eigenvalue weighted by atomic mass is 10.1. The first-order chi connectivity index (χ1) is 11.3. The van der Waals surface area contributed by atoms with Gasteiger partial charge in [0.05, 0.1) is 13.2 Å². The van der Waals surface area contributed by atoms with Crippen LogP contribution in [0.15, 0.2) is 24.3 Å². The molecular weight excluding hydrogens is 290 g/mol. The zero-order chi connectivity index (χ0) is 16.1. The third-order valence-corrected chi connectivity index (χ3v) is 4.70. The van der Waals surface area contributed by atoms with Crippen molar-refractivity contribution in [1.29, 1.82) is 0 Å². The Bertz CT molecular complexity index is 529. The minimum atomic E-state index is 0.223. The molecule has 0 spiro atoms. The predicted octanol–water partition coefficient (Wildman–Crippen LogP) is 1.28. The second-order valence-electron chi connectivity index (χ2n) is 6.40. The smallest absolute Gasteiger partial charge is 0.228 e. The third kappa shape index (κ3) is 4.10.